The second-order valence-corrected chi connectivity index (χ2v) is 5.82. The smallest absolute Gasteiger partial charge is 0.138 e. The fraction of sp³-hybridized carbons (Fsp3) is 0.846. The van der Waals surface area contributed by atoms with Crippen LogP contribution in [0.25, 0.3) is 0 Å². The standard InChI is InChI=1S/C13H26N4/c1-10(2)13(5,8-14-11(3)4)7-12-15-9-16-17(12)6/h9-11,14H,7-8H2,1-6H3. The molecule has 17 heavy (non-hydrogen) atoms. The molecule has 1 rings (SSSR count). The lowest BCUT2D eigenvalue weighted by atomic mass is 9.76. The van der Waals surface area contributed by atoms with Crippen molar-refractivity contribution in [2.24, 2.45) is 18.4 Å². The van der Waals surface area contributed by atoms with E-state index in [2.05, 4.69) is 50.0 Å². The highest BCUT2D eigenvalue weighted by atomic mass is 15.3. The molecule has 0 aliphatic carbocycles. The van der Waals surface area contributed by atoms with Gasteiger partial charge in [0.25, 0.3) is 0 Å². The van der Waals surface area contributed by atoms with Crippen molar-refractivity contribution in [3.63, 3.8) is 0 Å². The van der Waals surface area contributed by atoms with E-state index in [-0.39, 0.29) is 5.41 Å². The Morgan fingerprint density at radius 3 is 2.41 bits per heavy atom. The van der Waals surface area contributed by atoms with Gasteiger partial charge in [-0.05, 0) is 11.3 Å². The number of hydrogen-bond acceptors (Lipinski definition) is 3. The summed E-state index contributed by atoms with van der Waals surface area (Å²) in [6.07, 6.45) is 2.59. The Morgan fingerprint density at radius 2 is 2.00 bits per heavy atom. The quantitative estimate of drug-likeness (QED) is 0.824. The predicted molar refractivity (Wildman–Crippen MR) is 70.8 cm³/mol. The summed E-state index contributed by atoms with van der Waals surface area (Å²) in [5.74, 6) is 1.66. The molecule has 1 unspecified atom stereocenters. The molecular weight excluding hydrogens is 212 g/mol. The number of aryl methyl sites for hydroxylation is 1. The van der Waals surface area contributed by atoms with Gasteiger partial charge in [-0.3, -0.25) is 4.68 Å². The van der Waals surface area contributed by atoms with Crippen molar-refractivity contribution >= 4 is 0 Å². The minimum absolute atomic E-state index is 0.213. The van der Waals surface area contributed by atoms with E-state index in [1.807, 2.05) is 11.7 Å². The third kappa shape index (κ3) is 3.80. The first-order chi connectivity index (χ1) is 7.85. The molecule has 0 aromatic carbocycles. The van der Waals surface area contributed by atoms with Crippen molar-refractivity contribution in [3.8, 4) is 0 Å². The number of nitrogens with one attached hydrogen (secondary N) is 1. The summed E-state index contributed by atoms with van der Waals surface area (Å²) in [4.78, 5) is 4.33. The van der Waals surface area contributed by atoms with Crippen molar-refractivity contribution in [2.45, 2.75) is 47.1 Å². The number of aromatic nitrogens is 3. The monoisotopic (exact) mass is 238 g/mol. The van der Waals surface area contributed by atoms with Crippen LogP contribution in [-0.4, -0.2) is 27.4 Å². The van der Waals surface area contributed by atoms with Crippen LogP contribution >= 0.6 is 0 Å². The molecule has 0 amide bonds. The van der Waals surface area contributed by atoms with E-state index in [4.69, 9.17) is 0 Å². The Morgan fingerprint density at radius 1 is 1.35 bits per heavy atom. The van der Waals surface area contributed by atoms with Crippen LogP contribution in [0.3, 0.4) is 0 Å². The second kappa shape index (κ2) is 5.63. The van der Waals surface area contributed by atoms with Gasteiger partial charge in [0, 0.05) is 26.1 Å². The fourth-order valence-corrected chi connectivity index (χ4v) is 1.75. The Kier molecular flexibility index (Phi) is 4.69. The van der Waals surface area contributed by atoms with Crippen LogP contribution < -0.4 is 5.32 Å². The van der Waals surface area contributed by atoms with Gasteiger partial charge in [0.05, 0.1) is 0 Å². The van der Waals surface area contributed by atoms with Crippen molar-refractivity contribution in [2.75, 3.05) is 6.54 Å². The molecule has 1 atom stereocenters. The van der Waals surface area contributed by atoms with Gasteiger partial charge in [-0.2, -0.15) is 5.10 Å². The number of hydrogen-bond donors (Lipinski definition) is 1. The zero-order valence-corrected chi connectivity index (χ0v) is 12.0. The van der Waals surface area contributed by atoms with Crippen molar-refractivity contribution in [1.82, 2.24) is 20.1 Å². The first-order valence-corrected chi connectivity index (χ1v) is 6.41. The molecule has 1 N–H and O–H groups in total. The van der Waals surface area contributed by atoms with E-state index in [1.54, 1.807) is 6.33 Å². The second-order valence-electron chi connectivity index (χ2n) is 5.82. The minimum atomic E-state index is 0.213. The topological polar surface area (TPSA) is 42.7 Å². The summed E-state index contributed by atoms with van der Waals surface area (Å²) in [7, 11) is 1.96. The Hall–Kier alpha value is -0.900. The molecule has 0 bridgehead atoms. The van der Waals surface area contributed by atoms with Gasteiger partial charge in [0.1, 0.15) is 12.2 Å². The van der Waals surface area contributed by atoms with Gasteiger partial charge in [0.15, 0.2) is 0 Å². The molecule has 0 fully saturated rings. The highest BCUT2D eigenvalue weighted by Gasteiger charge is 2.30. The van der Waals surface area contributed by atoms with E-state index in [0.717, 1.165) is 18.8 Å². The van der Waals surface area contributed by atoms with Gasteiger partial charge in [-0.25, -0.2) is 4.98 Å². The molecule has 0 radical (unpaired) electrons. The molecule has 0 saturated heterocycles. The highest BCUT2D eigenvalue weighted by Crippen LogP contribution is 2.30. The largest absolute Gasteiger partial charge is 0.314 e. The molecule has 0 saturated carbocycles. The molecular formula is C13H26N4. The van der Waals surface area contributed by atoms with Gasteiger partial charge < -0.3 is 5.32 Å². The number of rotatable bonds is 6. The van der Waals surface area contributed by atoms with Crippen LogP contribution in [0.2, 0.25) is 0 Å². The summed E-state index contributed by atoms with van der Waals surface area (Å²) in [5, 5.41) is 7.68. The first-order valence-electron chi connectivity index (χ1n) is 6.41. The van der Waals surface area contributed by atoms with E-state index >= 15 is 0 Å². The zero-order valence-electron chi connectivity index (χ0n) is 12.0. The Labute approximate surface area is 105 Å². The molecule has 0 aliphatic heterocycles. The van der Waals surface area contributed by atoms with E-state index in [1.165, 1.54) is 0 Å². The van der Waals surface area contributed by atoms with Crippen molar-refractivity contribution < 1.29 is 0 Å². The van der Waals surface area contributed by atoms with E-state index in [0.29, 0.717) is 12.0 Å². The van der Waals surface area contributed by atoms with Crippen molar-refractivity contribution in [1.29, 1.82) is 0 Å². The lowest BCUT2D eigenvalue weighted by Crippen LogP contribution is -2.41. The molecule has 4 heteroatoms. The van der Waals surface area contributed by atoms with Crippen LogP contribution in [0.1, 0.15) is 40.4 Å². The average molecular weight is 238 g/mol. The number of nitrogens with zero attached hydrogens (tertiary/aromatic N) is 3. The molecule has 0 spiro atoms. The Bertz CT molecular complexity index is 343. The fourth-order valence-electron chi connectivity index (χ4n) is 1.75. The van der Waals surface area contributed by atoms with Crippen LogP contribution in [0, 0.1) is 11.3 Å². The normalized spacial score (nSPS) is 15.5. The SMILES string of the molecule is CC(C)NCC(C)(Cc1ncnn1C)C(C)C. The molecule has 0 aliphatic rings. The minimum Gasteiger partial charge on any atom is -0.314 e. The average Bonchev–Trinajstić information content (AvgIpc) is 2.61. The van der Waals surface area contributed by atoms with Crippen molar-refractivity contribution in [3.05, 3.63) is 12.2 Å². The maximum Gasteiger partial charge on any atom is 0.138 e. The van der Waals surface area contributed by atoms with Crippen LogP contribution in [0.15, 0.2) is 6.33 Å². The first kappa shape index (κ1) is 14.2. The zero-order chi connectivity index (χ0) is 13.1. The van der Waals surface area contributed by atoms with Crippen LogP contribution in [0.4, 0.5) is 0 Å². The summed E-state index contributed by atoms with van der Waals surface area (Å²) in [6.45, 7) is 12.2. The van der Waals surface area contributed by atoms with Gasteiger partial charge in [-0.1, -0.05) is 34.6 Å². The van der Waals surface area contributed by atoms with Gasteiger partial charge in [-0.15, -0.1) is 0 Å². The molecule has 1 aromatic rings. The van der Waals surface area contributed by atoms with Gasteiger partial charge >= 0.3 is 0 Å². The third-order valence-electron chi connectivity index (χ3n) is 3.68. The lowest BCUT2D eigenvalue weighted by molar-refractivity contribution is 0.196. The van der Waals surface area contributed by atoms with Crippen LogP contribution in [-0.2, 0) is 13.5 Å². The molecule has 1 aromatic heterocycles. The highest BCUT2D eigenvalue weighted by molar-refractivity contribution is 4.94. The maximum atomic E-state index is 4.33. The lowest BCUT2D eigenvalue weighted by Gasteiger charge is -2.34. The maximum absolute atomic E-state index is 4.33. The van der Waals surface area contributed by atoms with E-state index in [9.17, 15) is 0 Å². The van der Waals surface area contributed by atoms with Gasteiger partial charge in [0.2, 0.25) is 0 Å². The molecule has 1 heterocycles. The van der Waals surface area contributed by atoms with E-state index < -0.39 is 0 Å². The third-order valence-corrected chi connectivity index (χ3v) is 3.68. The summed E-state index contributed by atoms with van der Waals surface area (Å²) < 4.78 is 1.87. The van der Waals surface area contributed by atoms with Crippen LogP contribution in [0.5, 0.6) is 0 Å². The molecule has 98 valence electrons. The summed E-state index contributed by atoms with van der Waals surface area (Å²) in [6, 6.07) is 0.521. The predicted octanol–water partition coefficient (Wildman–Crippen LogP) is 2.02. The molecule has 4 nitrogen and oxygen atoms in total. The summed E-state index contributed by atoms with van der Waals surface area (Å²) in [5.41, 5.74) is 0.213. The Balaban J connectivity index is 2.74. The summed E-state index contributed by atoms with van der Waals surface area (Å²) >= 11 is 0.